The molecule has 1 amide bonds. The van der Waals surface area contributed by atoms with E-state index >= 15 is 0 Å². The van der Waals surface area contributed by atoms with Crippen LogP contribution in [-0.4, -0.2) is 49.1 Å². The molecule has 1 saturated heterocycles. The second kappa shape index (κ2) is 5.69. The fourth-order valence-corrected chi connectivity index (χ4v) is 2.32. The topological polar surface area (TPSA) is 58.6 Å². The molecule has 0 aromatic carbocycles. The molecule has 2 atom stereocenters. The van der Waals surface area contributed by atoms with E-state index in [1.54, 1.807) is 0 Å². The maximum Gasteiger partial charge on any atom is 0.310 e. The Morgan fingerprint density at radius 2 is 1.94 bits per heavy atom. The van der Waals surface area contributed by atoms with Crippen molar-refractivity contribution in [2.75, 3.05) is 26.7 Å². The van der Waals surface area contributed by atoms with Crippen LogP contribution in [0.3, 0.4) is 0 Å². The van der Waals surface area contributed by atoms with Gasteiger partial charge >= 0.3 is 5.97 Å². The van der Waals surface area contributed by atoms with Crippen LogP contribution in [0.15, 0.2) is 0 Å². The number of hydrogen-bond donors (Lipinski definition) is 1. The van der Waals surface area contributed by atoms with Gasteiger partial charge in [-0.3, -0.25) is 14.5 Å². The van der Waals surface area contributed by atoms with Crippen LogP contribution in [0.5, 0.6) is 0 Å². The van der Waals surface area contributed by atoms with Gasteiger partial charge < -0.3 is 10.1 Å². The molecule has 2 unspecified atom stereocenters. The number of amides is 1. The second-order valence-electron chi connectivity index (χ2n) is 6.10. The lowest BCUT2D eigenvalue weighted by atomic mass is 9.99. The van der Waals surface area contributed by atoms with Gasteiger partial charge in [0.05, 0.1) is 19.6 Å². The van der Waals surface area contributed by atoms with Crippen molar-refractivity contribution in [2.45, 2.75) is 33.2 Å². The average molecular weight is 256 g/mol. The van der Waals surface area contributed by atoms with Crippen molar-refractivity contribution >= 4 is 11.9 Å². The van der Waals surface area contributed by atoms with E-state index in [4.69, 9.17) is 4.74 Å². The highest BCUT2D eigenvalue weighted by Gasteiger charge is 2.36. The molecule has 18 heavy (non-hydrogen) atoms. The van der Waals surface area contributed by atoms with Gasteiger partial charge in [-0.05, 0) is 26.7 Å². The van der Waals surface area contributed by atoms with Crippen molar-refractivity contribution in [3.8, 4) is 0 Å². The van der Waals surface area contributed by atoms with Crippen molar-refractivity contribution in [1.82, 2.24) is 10.2 Å². The lowest BCUT2D eigenvalue weighted by Crippen LogP contribution is -2.45. The Hall–Kier alpha value is -1.10. The van der Waals surface area contributed by atoms with Crippen LogP contribution in [0.25, 0.3) is 0 Å². The van der Waals surface area contributed by atoms with E-state index in [-0.39, 0.29) is 29.3 Å². The number of rotatable bonds is 3. The molecule has 0 aromatic rings. The molecule has 1 aliphatic heterocycles. The first-order valence-corrected chi connectivity index (χ1v) is 6.34. The monoisotopic (exact) mass is 256 g/mol. The third kappa shape index (κ3) is 4.29. The quantitative estimate of drug-likeness (QED) is 0.753. The molecule has 0 saturated carbocycles. The predicted octanol–water partition coefficient (Wildman–Crippen LogP) is 0.642. The van der Waals surface area contributed by atoms with Gasteiger partial charge in [-0.2, -0.15) is 0 Å². The SMILES string of the molecule is COC(=O)C1CN(CC(=O)NC(C)(C)C)CC1C. The van der Waals surface area contributed by atoms with Crippen LogP contribution in [0, 0.1) is 11.8 Å². The number of esters is 1. The Labute approximate surface area is 109 Å². The van der Waals surface area contributed by atoms with Crippen molar-refractivity contribution in [3.63, 3.8) is 0 Å². The van der Waals surface area contributed by atoms with Gasteiger partial charge in [0, 0.05) is 18.6 Å². The van der Waals surface area contributed by atoms with Crippen molar-refractivity contribution in [1.29, 1.82) is 0 Å². The smallest absolute Gasteiger partial charge is 0.310 e. The fraction of sp³-hybridized carbons (Fsp3) is 0.846. The summed E-state index contributed by atoms with van der Waals surface area (Å²) in [6.45, 7) is 9.58. The summed E-state index contributed by atoms with van der Waals surface area (Å²) in [5.74, 6) is -0.0567. The normalized spacial score (nSPS) is 24.9. The summed E-state index contributed by atoms with van der Waals surface area (Å²) >= 11 is 0. The van der Waals surface area contributed by atoms with Crippen molar-refractivity contribution in [2.24, 2.45) is 11.8 Å². The number of ether oxygens (including phenoxy) is 1. The second-order valence-corrected chi connectivity index (χ2v) is 6.10. The number of hydrogen-bond acceptors (Lipinski definition) is 4. The van der Waals surface area contributed by atoms with Crippen molar-refractivity contribution in [3.05, 3.63) is 0 Å². The minimum atomic E-state index is -0.218. The number of nitrogens with zero attached hydrogens (tertiary/aromatic N) is 1. The summed E-state index contributed by atoms with van der Waals surface area (Å²) in [4.78, 5) is 25.3. The Morgan fingerprint density at radius 1 is 1.33 bits per heavy atom. The van der Waals surface area contributed by atoms with Gasteiger partial charge in [-0.15, -0.1) is 0 Å². The van der Waals surface area contributed by atoms with Crippen LogP contribution in [0.1, 0.15) is 27.7 Å². The predicted molar refractivity (Wildman–Crippen MR) is 69.0 cm³/mol. The molecule has 1 fully saturated rings. The first-order valence-electron chi connectivity index (χ1n) is 6.34. The molecule has 1 rings (SSSR count). The third-order valence-electron chi connectivity index (χ3n) is 3.07. The number of likely N-dealkylation sites (tertiary alicyclic amines) is 1. The molecule has 1 aliphatic rings. The van der Waals surface area contributed by atoms with Gasteiger partial charge in [0.1, 0.15) is 0 Å². The minimum absolute atomic E-state index is 0.000200. The van der Waals surface area contributed by atoms with E-state index in [9.17, 15) is 9.59 Å². The molecule has 5 nitrogen and oxygen atoms in total. The number of nitrogens with one attached hydrogen (secondary N) is 1. The Morgan fingerprint density at radius 3 is 2.44 bits per heavy atom. The van der Waals surface area contributed by atoms with Gasteiger partial charge in [-0.25, -0.2) is 0 Å². The summed E-state index contributed by atoms with van der Waals surface area (Å²) in [6.07, 6.45) is 0. The van der Waals surface area contributed by atoms with E-state index in [1.807, 2.05) is 32.6 Å². The molecule has 1 N–H and O–H groups in total. The van der Waals surface area contributed by atoms with E-state index in [2.05, 4.69) is 5.32 Å². The molecule has 0 spiro atoms. The highest BCUT2D eigenvalue weighted by atomic mass is 16.5. The third-order valence-corrected chi connectivity index (χ3v) is 3.07. The molecule has 0 aliphatic carbocycles. The van der Waals surface area contributed by atoms with Crippen LogP contribution < -0.4 is 5.32 Å². The number of carbonyl (C=O) groups excluding carboxylic acids is 2. The van der Waals surface area contributed by atoms with Crippen LogP contribution >= 0.6 is 0 Å². The summed E-state index contributed by atoms with van der Waals surface area (Å²) < 4.78 is 4.77. The van der Waals surface area contributed by atoms with E-state index in [0.29, 0.717) is 13.1 Å². The molecule has 5 heteroatoms. The number of carbonyl (C=O) groups is 2. The van der Waals surface area contributed by atoms with Crippen LogP contribution in [0.2, 0.25) is 0 Å². The Bertz CT molecular complexity index is 323. The average Bonchev–Trinajstić information content (AvgIpc) is 2.55. The fourth-order valence-electron chi connectivity index (χ4n) is 2.32. The van der Waals surface area contributed by atoms with E-state index in [0.717, 1.165) is 6.54 Å². The van der Waals surface area contributed by atoms with Crippen molar-refractivity contribution < 1.29 is 14.3 Å². The largest absolute Gasteiger partial charge is 0.469 e. The Balaban J connectivity index is 2.47. The lowest BCUT2D eigenvalue weighted by molar-refractivity contribution is -0.146. The molecule has 0 aromatic heterocycles. The van der Waals surface area contributed by atoms with Gasteiger partial charge in [0.25, 0.3) is 0 Å². The molecule has 104 valence electrons. The highest BCUT2D eigenvalue weighted by molar-refractivity contribution is 5.79. The maximum atomic E-state index is 11.8. The number of methoxy groups -OCH3 is 1. The first kappa shape index (κ1) is 15.0. The summed E-state index contributed by atoms with van der Waals surface area (Å²) in [5.41, 5.74) is -0.218. The standard InChI is InChI=1S/C13H24N2O3/c1-9-6-15(7-10(9)12(17)18-5)8-11(16)14-13(2,3)4/h9-10H,6-8H2,1-5H3,(H,14,16). The molecule has 1 heterocycles. The van der Waals surface area contributed by atoms with E-state index in [1.165, 1.54) is 7.11 Å². The van der Waals surface area contributed by atoms with Gasteiger partial charge in [0.15, 0.2) is 0 Å². The zero-order valence-electron chi connectivity index (χ0n) is 11.9. The highest BCUT2D eigenvalue weighted by Crippen LogP contribution is 2.23. The van der Waals surface area contributed by atoms with Crippen LogP contribution in [0.4, 0.5) is 0 Å². The van der Waals surface area contributed by atoms with E-state index < -0.39 is 0 Å². The Kier molecular flexibility index (Phi) is 4.73. The van der Waals surface area contributed by atoms with Crippen LogP contribution in [-0.2, 0) is 14.3 Å². The summed E-state index contributed by atoms with van der Waals surface area (Å²) in [5, 5.41) is 2.92. The molecular weight excluding hydrogens is 232 g/mol. The molecular formula is C13H24N2O3. The lowest BCUT2D eigenvalue weighted by Gasteiger charge is -2.23. The minimum Gasteiger partial charge on any atom is -0.469 e. The summed E-state index contributed by atoms with van der Waals surface area (Å²) in [6, 6.07) is 0. The maximum absolute atomic E-state index is 11.8. The molecule has 0 bridgehead atoms. The zero-order valence-corrected chi connectivity index (χ0v) is 11.9. The van der Waals surface area contributed by atoms with Gasteiger partial charge in [-0.1, -0.05) is 6.92 Å². The zero-order chi connectivity index (χ0) is 13.9. The first-order chi connectivity index (χ1) is 8.23. The summed E-state index contributed by atoms with van der Waals surface area (Å²) in [7, 11) is 1.41. The van der Waals surface area contributed by atoms with Gasteiger partial charge in [0.2, 0.25) is 5.91 Å². The molecule has 0 radical (unpaired) electrons.